The highest BCUT2D eigenvalue weighted by Crippen LogP contribution is 2.24. The number of rotatable bonds is 25. The predicted molar refractivity (Wildman–Crippen MR) is 202 cm³/mol. The van der Waals surface area contributed by atoms with Crippen molar-refractivity contribution >= 4 is 12.4 Å². The molecule has 8 heteroatoms. The minimum atomic E-state index is 0.130. The lowest BCUT2D eigenvalue weighted by Crippen LogP contribution is -1.99. The number of aliphatic imine (C=N–C) groups is 2. The predicted octanol–water partition coefficient (Wildman–Crippen LogP) is 9.45. The van der Waals surface area contributed by atoms with Crippen LogP contribution in [-0.2, 0) is 0 Å². The SMILES string of the molecule is Oc1cc(OCCCCCCCOc2ccccc2)ccc1C=NCCN=Cc1ccc(OCCCCCCCOc2ccccc2)cc1O. The fourth-order valence-electron chi connectivity index (χ4n) is 5.15. The molecule has 0 radical (unpaired) electrons. The molecule has 4 aromatic rings. The molecule has 0 saturated carbocycles. The molecule has 0 aromatic heterocycles. The Morgan fingerprint density at radius 1 is 0.400 bits per heavy atom. The first-order valence-corrected chi connectivity index (χ1v) is 17.9. The van der Waals surface area contributed by atoms with E-state index in [0.717, 1.165) is 88.9 Å². The van der Waals surface area contributed by atoms with Crippen LogP contribution in [0, 0.1) is 0 Å². The third-order valence-electron chi connectivity index (χ3n) is 7.96. The Kier molecular flexibility index (Phi) is 17.7. The molecule has 4 aromatic carbocycles. The van der Waals surface area contributed by atoms with Crippen LogP contribution in [0.3, 0.4) is 0 Å². The van der Waals surface area contributed by atoms with Crippen molar-refractivity contribution in [2.24, 2.45) is 9.98 Å². The smallest absolute Gasteiger partial charge is 0.128 e. The molecule has 0 bridgehead atoms. The molecule has 2 N–H and O–H groups in total. The third-order valence-corrected chi connectivity index (χ3v) is 7.96. The molecule has 8 nitrogen and oxygen atoms in total. The number of aromatic hydroxyl groups is 2. The Balaban J connectivity index is 1.01. The summed E-state index contributed by atoms with van der Waals surface area (Å²) >= 11 is 0. The molecular formula is C42H52N2O6. The Hall–Kier alpha value is -4.98. The summed E-state index contributed by atoms with van der Waals surface area (Å²) in [5.74, 6) is 3.40. The summed E-state index contributed by atoms with van der Waals surface area (Å²) in [5.41, 5.74) is 1.25. The zero-order valence-electron chi connectivity index (χ0n) is 29.1. The lowest BCUT2D eigenvalue weighted by Gasteiger charge is -2.08. The maximum absolute atomic E-state index is 10.4. The van der Waals surface area contributed by atoms with Gasteiger partial charge in [0.25, 0.3) is 0 Å². The van der Waals surface area contributed by atoms with Crippen molar-refractivity contribution in [2.45, 2.75) is 64.2 Å². The van der Waals surface area contributed by atoms with E-state index in [0.29, 0.717) is 48.9 Å². The highest BCUT2D eigenvalue weighted by molar-refractivity contribution is 5.84. The number of nitrogens with zero attached hydrogens (tertiary/aromatic N) is 2. The molecule has 266 valence electrons. The third kappa shape index (κ3) is 15.5. The van der Waals surface area contributed by atoms with Crippen LogP contribution in [0.2, 0.25) is 0 Å². The fourth-order valence-corrected chi connectivity index (χ4v) is 5.15. The molecule has 0 spiro atoms. The number of ether oxygens (including phenoxy) is 4. The fraction of sp³-hybridized carbons (Fsp3) is 0.381. The van der Waals surface area contributed by atoms with Gasteiger partial charge in [0, 0.05) is 35.7 Å². The van der Waals surface area contributed by atoms with Gasteiger partial charge in [0.1, 0.15) is 34.5 Å². The minimum Gasteiger partial charge on any atom is -0.507 e. The second kappa shape index (κ2) is 23.4. The van der Waals surface area contributed by atoms with E-state index >= 15 is 0 Å². The minimum absolute atomic E-state index is 0.130. The van der Waals surface area contributed by atoms with Gasteiger partial charge in [-0.15, -0.1) is 0 Å². The van der Waals surface area contributed by atoms with E-state index in [2.05, 4.69) is 9.98 Å². The van der Waals surface area contributed by atoms with Crippen LogP contribution in [0.15, 0.2) is 107 Å². The summed E-state index contributed by atoms with van der Waals surface area (Å²) in [5, 5.41) is 20.8. The zero-order valence-corrected chi connectivity index (χ0v) is 29.1. The van der Waals surface area contributed by atoms with Gasteiger partial charge in [-0.1, -0.05) is 74.9 Å². The van der Waals surface area contributed by atoms with Gasteiger partial charge >= 0.3 is 0 Å². The second-order valence-corrected chi connectivity index (χ2v) is 12.1. The Morgan fingerprint density at radius 2 is 0.740 bits per heavy atom. The van der Waals surface area contributed by atoms with Crippen molar-refractivity contribution in [1.82, 2.24) is 0 Å². The monoisotopic (exact) mass is 680 g/mol. The molecule has 0 unspecified atom stereocenters. The van der Waals surface area contributed by atoms with Crippen LogP contribution in [-0.4, -0.2) is 62.2 Å². The standard InChI is InChI=1S/C42H52N2O6/c45-41-31-39(49-29-15-5-1-3-13-27-47-37-17-9-7-10-18-37)23-21-35(41)33-43-25-26-44-34-36-22-24-40(32-42(36)46)50-30-16-6-2-4-14-28-48-38-19-11-8-12-20-38/h7-12,17-24,31-34,45-46H,1-6,13-16,25-30H2. The summed E-state index contributed by atoms with van der Waals surface area (Å²) in [4.78, 5) is 8.76. The number of phenols is 2. The van der Waals surface area contributed by atoms with Gasteiger partial charge in [-0.2, -0.15) is 0 Å². The molecule has 0 aliphatic rings. The average molecular weight is 681 g/mol. The number of benzene rings is 4. The molecule has 0 saturated heterocycles. The molecule has 4 rings (SSSR count). The Morgan fingerprint density at radius 3 is 1.10 bits per heavy atom. The van der Waals surface area contributed by atoms with Crippen LogP contribution in [0.4, 0.5) is 0 Å². The van der Waals surface area contributed by atoms with E-state index in [1.165, 1.54) is 0 Å². The van der Waals surface area contributed by atoms with Crippen molar-refractivity contribution in [3.8, 4) is 34.5 Å². The van der Waals surface area contributed by atoms with E-state index < -0.39 is 0 Å². The highest BCUT2D eigenvalue weighted by Gasteiger charge is 2.04. The summed E-state index contributed by atoms with van der Waals surface area (Å²) < 4.78 is 23.1. The van der Waals surface area contributed by atoms with Gasteiger partial charge in [-0.25, -0.2) is 0 Å². The normalized spacial score (nSPS) is 11.3. The van der Waals surface area contributed by atoms with Gasteiger partial charge in [0.05, 0.1) is 39.5 Å². The van der Waals surface area contributed by atoms with Crippen molar-refractivity contribution in [3.63, 3.8) is 0 Å². The van der Waals surface area contributed by atoms with Gasteiger partial charge < -0.3 is 29.2 Å². The van der Waals surface area contributed by atoms with Crippen molar-refractivity contribution in [2.75, 3.05) is 39.5 Å². The van der Waals surface area contributed by atoms with Crippen LogP contribution in [0.5, 0.6) is 34.5 Å². The number of hydrogen-bond donors (Lipinski definition) is 2. The molecule has 0 aliphatic heterocycles. The van der Waals surface area contributed by atoms with E-state index in [1.807, 2.05) is 72.8 Å². The van der Waals surface area contributed by atoms with E-state index in [1.54, 1.807) is 36.7 Å². The van der Waals surface area contributed by atoms with E-state index in [-0.39, 0.29) is 11.5 Å². The maximum Gasteiger partial charge on any atom is 0.128 e. The van der Waals surface area contributed by atoms with E-state index in [9.17, 15) is 10.2 Å². The van der Waals surface area contributed by atoms with Crippen LogP contribution < -0.4 is 18.9 Å². The number of para-hydroxylation sites is 2. The molecule has 50 heavy (non-hydrogen) atoms. The first kappa shape index (κ1) is 37.8. The van der Waals surface area contributed by atoms with Gasteiger partial charge in [0.2, 0.25) is 0 Å². The van der Waals surface area contributed by atoms with Crippen LogP contribution in [0.25, 0.3) is 0 Å². The molecular weight excluding hydrogens is 628 g/mol. The Labute approximate surface area is 297 Å². The van der Waals surface area contributed by atoms with Gasteiger partial charge in [-0.3, -0.25) is 9.98 Å². The zero-order chi connectivity index (χ0) is 34.9. The number of phenolic OH excluding ortho intramolecular Hbond substituents is 2. The second-order valence-electron chi connectivity index (χ2n) is 12.1. The number of unbranched alkanes of at least 4 members (excludes halogenated alkanes) is 8. The quantitative estimate of drug-likeness (QED) is 0.0534. The van der Waals surface area contributed by atoms with Gasteiger partial charge in [0.15, 0.2) is 0 Å². The summed E-state index contributed by atoms with van der Waals surface area (Å²) in [6, 6.07) is 30.4. The molecule has 0 fully saturated rings. The molecule has 0 amide bonds. The molecule has 0 aliphatic carbocycles. The lowest BCUT2D eigenvalue weighted by atomic mass is 10.1. The topological polar surface area (TPSA) is 102 Å². The van der Waals surface area contributed by atoms with Crippen LogP contribution >= 0.6 is 0 Å². The maximum atomic E-state index is 10.4. The molecule has 0 atom stereocenters. The largest absolute Gasteiger partial charge is 0.507 e. The number of hydrogen-bond acceptors (Lipinski definition) is 8. The summed E-state index contributed by atoms with van der Waals surface area (Å²) in [6.45, 7) is 3.62. The Bertz CT molecular complexity index is 1430. The summed E-state index contributed by atoms with van der Waals surface area (Å²) in [6.07, 6.45) is 14.0. The van der Waals surface area contributed by atoms with Crippen molar-refractivity contribution in [1.29, 1.82) is 0 Å². The first-order chi connectivity index (χ1) is 24.7. The van der Waals surface area contributed by atoms with Crippen molar-refractivity contribution < 1.29 is 29.2 Å². The highest BCUT2D eigenvalue weighted by atomic mass is 16.5. The first-order valence-electron chi connectivity index (χ1n) is 17.9. The van der Waals surface area contributed by atoms with E-state index in [4.69, 9.17) is 18.9 Å². The summed E-state index contributed by atoms with van der Waals surface area (Å²) in [7, 11) is 0. The lowest BCUT2D eigenvalue weighted by molar-refractivity contribution is 0.292. The van der Waals surface area contributed by atoms with Crippen molar-refractivity contribution in [3.05, 3.63) is 108 Å². The average Bonchev–Trinajstić information content (AvgIpc) is 3.14. The van der Waals surface area contributed by atoms with Gasteiger partial charge in [-0.05, 0) is 74.2 Å². The van der Waals surface area contributed by atoms with Crippen LogP contribution in [0.1, 0.15) is 75.3 Å². The molecule has 0 heterocycles.